The van der Waals surface area contributed by atoms with Crippen molar-refractivity contribution in [2.24, 2.45) is 11.8 Å². The number of rotatable bonds is 17. The van der Waals surface area contributed by atoms with Crippen molar-refractivity contribution >= 4 is 29.9 Å². The molecule has 1 saturated heterocycles. The van der Waals surface area contributed by atoms with Crippen LogP contribution in [-0.4, -0.2) is 58.7 Å². The van der Waals surface area contributed by atoms with Gasteiger partial charge in [0.1, 0.15) is 24.4 Å². The molecule has 0 saturated carbocycles. The molecule has 2 amide bonds. The van der Waals surface area contributed by atoms with Crippen LogP contribution >= 0.6 is 0 Å². The molecule has 0 bridgehead atoms. The Kier molecular flexibility index (Phi) is 25.7. The Morgan fingerprint density at radius 1 is 0.519 bits per heavy atom. The fourth-order valence-corrected chi connectivity index (χ4v) is 8.54. The van der Waals surface area contributed by atoms with Crippen molar-refractivity contribution in [3.05, 3.63) is 228 Å². The Bertz CT molecular complexity index is 2930. The van der Waals surface area contributed by atoms with Crippen molar-refractivity contribution in [1.82, 2.24) is 4.90 Å². The van der Waals surface area contributed by atoms with E-state index in [9.17, 15) is 29.1 Å². The van der Waals surface area contributed by atoms with Gasteiger partial charge in [-0.2, -0.15) is 0 Å². The van der Waals surface area contributed by atoms with E-state index in [1.807, 2.05) is 209 Å². The van der Waals surface area contributed by atoms with Crippen LogP contribution in [0.3, 0.4) is 0 Å². The van der Waals surface area contributed by atoms with Crippen molar-refractivity contribution in [3.8, 4) is 22.3 Å². The normalized spacial score (nSPS) is 13.4. The molecule has 0 spiro atoms. The summed E-state index contributed by atoms with van der Waals surface area (Å²) < 4.78 is 21.8. The summed E-state index contributed by atoms with van der Waals surface area (Å²) in [6.45, 7) is 11.0. The van der Waals surface area contributed by atoms with Gasteiger partial charge in [0.15, 0.2) is 0 Å². The van der Waals surface area contributed by atoms with Gasteiger partial charge in [-0.15, -0.1) is 6.61 Å². The van der Waals surface area contributed by atoms with E-state index in [2.05, 4.69) is 12.1 Å². The molecule has 0 aromatic heterocycles. The summed E-state index contributed by atoms with van der Waals surface area (Å²) in [6.07, 6.45) is 0.378. The van der Waals surface area contributed by atoms with Crippen LogP contribution in [-0.2, 0) is 70.6 Å². The van der Waals surface area contributed by atoms with Crippen LogP contribution in [0.25, 0.3) is 22.3 Å². The van der Waals surface area contributed by atoms with Crippen molar-refractivity contribution in [3.63, 3.8) is 0 Å². The van der Waals surface area contributed by atoms with Crippen LogP contribution in [0.2, 0.25) is 0 Å². The number of hydrogen-bond acceptors (Lipinski definition) is 10. The first kappa shape index (κ1) is 64.0. The second-order valence-corrected chi connectivity index (χ2v) is 20.9. The first-order valence-electron chi connectivity index (χ1n) is 26.0. The van der Waals surface area contributed by atoms with Crippen molar-refractivity contribution in [1.29, 1.82) is 0 Å². The van der Waals surface area contributed by atoms with Gasteiger partial charge in [0, 0.05) is 0 Å². The van der Waals surface area contributed by atoms with Crippen LogP contribution in [0, 0.1) is 11.8 Å². The van der Waals surface area contributed by atoms with Gasteiger partial charge in [-0.1, -0.05) is 213 Å². The maximum absolute atomic E-state index is 13.8. The monoisotopic (exact) mass is 1060 g/mol. The van der Waals surface area contributed by atoms with Gasteiger partial charge in [-0.3, -0.25) is 19.2 Å². The predicted molar refractivity (Wildman–Crippen MR) is 304 cm³/mol. The van der Waals surface area contributed by atoms with Gasteiger partial charge in [-0.25, -0.2) is 9.69 Å². The molecule has 1 aliphatic rings. The smallest absolute Gasteiger partial charge is 0.851 e. The summed E-state index contributed by atoms with van der Waals surface area (Å²) in [4.78, 5) is 65.7. The van der Waals surface area contributed by atoms with E-state index in [-0.39, 0.29) is 58.9 Å². The number of hydrogen-bond donors (Lipinski definition) is 0. The van der Waals surface area contributed by atoms with E-state index >= 15 is 0 Å². The Morgan fingerprint density at radius 3 is 1.29 bits per heavy atom. The zero-order chi connectivity index (χ0) is 55.2. The van der Waals surface area contributed by atoms with E-state index < -0.39 is 59.0 Å². The number of nitrogens with zero attached hydrogens (tertiary/aromatic N) is 1. The third-order valence-electron chi connectivity index (χ3n) is 12.2. The van der Waals surface area contributed by atoms with Crippen molar-refractivity contribution < 1.29 is 66.9 Å². The Hall–Kier alpha value is -7.55. The molecule has 408 valence electrons. The minimum atomic E-state index is -0.763. The van der Waals surface area contributed by atoms with Crippen LogP contribution in [0.1, 0.15) is 89.6 Å². The number of imide groups is 1. The van der Waals surface area contributed by atoms with E-state index in [1.165, 1.54) is 4.90 Å². The van der Waals surface area contributed by atoms with E-state index in [4.69, 9.17) is 18.9 Å². The molecule has 3 atom stereocenters. The van der Waals surface area contributed by atoms with Gasteiger partial charge < -0.3 is 24.1 Å². The molecule has 1 heterocycles. The third-order valence-corrected chi connectivity index (χ3v) is 12.2. The van der Waals surface area contributed by atoms with Gasteiger partial charge in [0.25, 0.3) is 0 Å². The average molecular weight is 1060 g/mol. The molecule has 0 aliphatic carbocycles. The summed E-state index contributed by atoms with van der Waals surface area (Å²) in [6, 6.07) is 64.1. The molecule has 12 heteroatoms. The Morgan fingerprint density at radius 2 is 0.886 bits per heavy atom. The number of ether oxygens (including phenoxy) is 4. The van der Waals surface area contributed by atoms with Crippen molar-refractivity contribution in [2.45, 2.75) is 112 Å². The van der Waals surface area contributed by atoms with Crippen LogP contribution in [0.4, 0.5) is 4.79 Å². The number of carbonyl (C=O) groups excluding carboxylic acids is 5. The van der Waals surface area contributed by atoms with Crippen LogP contribution < -0.4 is 24.0 Å². The molecular formula is C67H74LiNO10. The zero-order valence-electron chi connectivity index (χ0n) is 46.0. The molecule has 7 aromatic carbocycles. The number of carbonyl (C=O) groups is 5. The first-order valence-corrected chi connectivity index (χ1v) is 26.0. The standard InChI is InChI=1S/C31H33NO5.C28H30O4.C7H7O.CH4.Li/c1-31(2,3)37-28(33)20-26(18-23-14-16-25(17-15-23)24-12-8-5-9-13-24)29(34)32-27(21-36-30(32)35)19-22-10-6-4-7-11-22;1-28(2,3)32-26(29)19-25(27(30)31-20-22-10-6-4-7-11-22)18-21-14-16-24(17-15-21)23-12-8-5-9-13-23;8-6-7-4-2-1-3-5-7;;/h4-17,26-27H,18-21H2,1-3H3;4-17,25H,18-20H2,1-3H3;1-5H,6H2;1H4;/q;;-1;;+1/t26-,27+;25-;;;/m00.../s1. The number of cyclic esters (lactones) is 1. The van der Waals surface area contributed by atoms with Gasteiger partial charge in [0.2, 0.25) is 5.91 Å². The fourth-order valence-electron chi connectivity index (χ4n) is 8.54. The molecule has 79 heavy (non-hydrogen) atoms. The second kappa shape index (κ2) is 31.7. The predicted octanol–water partition coefficient (Wildman–Crippen LogP) is 10.0. The molecule has 0 N–H and O–H groups in total. The molecule has 7 aromatic rings. The summed E-state index contributed by atoms with van der Waals surface area (Å²) in [7, 11) is 0. The van der Waals surface area contributed by atoms with Crippen molar-refractivity contribution in [2.75, 3.05) is 6.61 Å². The van der Waals surface area contributed by atoms with Crippen LogP contribution in [0.5, 0.6) is 0 Å². The SMILES string of the molecule is C.CC(C)(C)OC(=O)C[C@H](Cc1ccc(-c2ccccc2)cc1)C(=O)N1C(=O)OC[C@H]1Cc1ccccc1.CC(C)(C)OC(=O)C[C@H](Cc1ccc(-c2ccccc2)cc1)C(=O)OCc1ccccc1.[Li+].[O-]Cc1ccccc1. The van der Waals surface area contributed by atoms with E-state index in [1.54, 1.807) is 20.8 Å². The topological polar surface area (TPSA) is 149 Å². The van der Waals surface area contributed by atoms with E-state index in [0.29, 0.717) is 19.3 Å². The van der Waals surface area contributed by atoms with Gasteiger partial charge in [0.05, 0.1) is 30.7 Å². The quantitative estimate of drug-likeness (QED) is 0.0490. The third kappa shape index (κ3) is 22.0. The maximum atomic E-state index is 13.8. The summed E-state index contributed by atoms with van der Waals surface area (Å²) in [5.74, 6) is -3.07. The minimum absolute atomic E-state index is 0. The van der Waals surface area contributed by atoms with Crippen LogP contribution in [0.15, 0.2) is 200 Å². The summed E-state index contributed by atoms with van der Waals surface area (Å²) >= 11 is 0. The summed E-state index contributed by atoms with van der Waals surface area (Å²) in [5, 5.41) is 10.1. The molecule has 8 rings (SSSR count). The molecule has 0 radical (unpaired) electrons. The number of esters is 3. The Labute approximate surface area is 479 Å². The second-order valence-electron chi connectivity index (χ2n) is 20.9. The van der Waals surface area contributed by atoms with E-state index in [0.717, 1.165) is 50.1 Å². The molecular weight excluding hydrogens is 986 g/mol. The molecule has 11 nitrogen and oxygen atoms in total. The molecule has 1 fully saturated rings. The first-order chi connectivity index (χ1) is 36.9. The molecule has 1 aliphatic heterocycles. The fraction of sp³-hybridized carbons (Fsp3) is 0.299. The zero-order valence-corrected chi connectivity index (χ0v) is 46.0. The van der Waals surface area contributed by atoms with Gasteiger partial charge in [-0.05, 0) is 105 Å². The largest absolute Gasteiger partial charge is 1.00 e. The minimum Gasteiger partial charge on any atom is -0.851 e. The number of benzene rings is 7. The number of amides is 2. The maximum Gasteiger partial charge on any atom is 1.00 e. The summed E-state index contributed by atoms with van der Waals surface area (Å²) in [5.41, 5.74) is 7.74. The molecule has 0 unspecified atom stereocenters. The van der Waals surface area contributed by atoms with Gasteiger partial charge >= 0.3 is 42.9 Å². The Balaban J connectivity index is 0.000000293. The average Bonchev–Trinajstić information content (AvgIpc) is 3.88.